The average molecular weight is 271 g/mol. The second kappa shape index (κ2) is 7.40. The van der Waals surface area contributed by atoms with Gasteiger partial charge in [0.15, 0.2) is 0 Å². The van der Waals surface area contributed by atoms with Crippen molar-refractivity contribution in [3.8, 4) is 0 Å². The summed E-state index contributed by atoms with van der Waals surface area (Å²) < 4.78 is 10.3. The molecule has 1 aromatic carbocycles. The summed E-state index contributed by atoms with van der Waals surface area (Å²) in [6.45, 7) is 0.900. The molecule has 4 heteroatoms. The fraction of sp³-hybridized carbons (Fsp3) is 0.250. The van der Waals surface area contributed by atoms with Crippen molar-refractivity contribution < 1.29 is 14.3 Å². The number of carbonyl (C=O) groups excluding carboxylic acids is 1. The van der Waals surface area contributed by atoms with Crippen molar-refractivity contribution >= 4 is 5.97 Å². The molecule has 4 nitrogen and oxygen atoms in total. The molecule has 0 radical (unpaired) electrons. The van der Waals surface area contributed by atoms with Gasteiger partial charge >= 0.3 is 5.97 Å². The second-order valence-electron chi connectivity index (χ2n) is 4.34. The molecular weight excluding hydrogens is 254 g/mol. The first-order valence-corrected chi connectivity index (χ1v) is 6.41. The molecule has 20 heavy (non-hydrogen) atoms. The van der Waals surface area contributed by atoms with Gasteiger partial charge in [0.1, 0.15) is 0 Å². The van der Waals surface area contributed by atoms with Crippen LogP contribution in [0.15, 0.2) is 48.7 Å². The zero-order valence-corrected chi connectivity index (χ0v) is 11.4. The number of hydrogen-bond donors (Lipinski definition) is 0. The minimum absolute atomic E-state index is 0.248. The van der Waals surface area contributed by atoms with E-state index in [1.165, 1.54) is 7.11 Å². The van der Waals surface area contributed by atoms with Crippen LogP contribution in [0.2, 0.25) is 0 Å². The van der Waals surface area contributed by atoms with Gasteiger partial charge in [-0.25, -0.2) is 0 Å². The van der Waals surface area contributed by atoms with Crippen LogP contribution in [0.3, 0.4) is 0 Å². The number of aromatic nitrogens is 1. The number of ether oxygens (including phenoxy) is 2. The first kappa shape index (κ1) is 14.2. The lowest BCUT2D eigenvalue weighted by Crippen LogP contribution is -2.07. The highest BCUT2D eigenvalue weighted by atomic mass is 16.5. The summed E-state index contributed by atoms with van der Waals surface area (Å²) in [4.78, 5) is 15.6. The van der Waals surface area contributed by atoms with Crippen molar-refractivity contribution in [2.24, 2.45) is 0 Å². The summed E-state index contributed by atoms with van der Waals surface area (Å²) in [6, 6.07) is 13.4. The van der Waals surface area contributed by atoms with Crippen LogP contribution >= 0.6 is 0 Å². The van der Waals surface area contributed by atoms with Gasteiger partial charge < -0.3 is 9.47 Å². The van der Waals surface area contributed by atoms with Gasteiger partial charge in [-0.1, -0.05) is 30.3 Å². The highest BCUT2D eigenvalue weighted by Gasteiger charge is 2.07. The lowest BCUT2D eigenvalue weighted by atomic mass is 10.1. The summed E-state index contributed by atoms with van der Waals surface area (Å²) >= 11 is 0. The highest BCUT2D eigenvalue weighted by Crippen LogP contribution is 2.12. The number of methoxy groups -OCH3 is 1. The first-order chi connectivity index (χ1) is 9.79. The van der Waals surface area contributed by atoms with Gasteiger partial charge in [0.2, 0.25) is 0 Å². The van der Waals surface area contributed by atoms with E-state index in [2.05, 4.69) is 4.98 Å². The Labute approximate surface area is 118 Å². The van der Waals surface area contributed by atoms with Crippen molar-refractivity contribution in [2.45, 2.75) is 19.6 Å². The lowest BCUT2D eigenvalue weighted by molar-refractivity contribution is -0.139. The number of pyridine rings is 1. The van der Waals surface area contributed by atoms with E-state index in [-0.39, 0.29) is 12.4 Å². The molecule has 0 bridgehead atoms. The van der Waals surface area contributed by atoms with Gasteiger partial charge in [0, 0.05) is 6.20 Å². The predicted octanol–water partition coefficient (Wildman–Crippen LogP) is 2.51. The van der Waals surface area contributed by atoms with Crippen LogP contribution in [0.4, 0.5) is 0 Å². The van der Waals surface area contributed by atoms with E-state index in [9.17, 15) is 4.79 Å². The molecule has 0 N–H and O–H groups in total. The van der Waals surface area contributed by atoms with E-state index in [0.29, 0.717) is 13.2 Å². The maximum absolute atomic E-state index is 11.4. The van der Waals surface area contributed by atoms with Crippen LogP contribution in [0.5, 0.6) is 0 Å². The van der Waals surface area contributed by atoms with E-state index in [0.717, 1.165) is 16.8 Å². The molecule has 0 fully saturated rings. The number of benzene rings is 1. The maximum Gasteiger partial charge on any atom is 0.309 e. The Kier molecular flexibility index (Phi) is 5.26. The van der Waals surface area contributed by atoms with Gasteiger partial charge in [-0.15, -0.1) is 0 Å². The first-order valence-electron chi connectivity index (χ1n) is 6.41. The van der Waals surface area contributed by atoms with Crippen molar-refractivity contribution in [1.82, 2.24) is 4.98 Å². The molecule has 1 aromatic heterocycles. The van der Waals surface area contributed by atoms with Gasteiger partial charge in [0.25, 0.3) is 0 Å². The van der Waals surface area contributed by atoms with Gasteiger partial charge in [0.05, 0.1) is 32.4 Å². The van der Waals surface area contributed by atoms with Crippen LogP contribution in [-0.2, 0) is 33.9 Å². The van der Waals surface area contributed by atoms with Crippen LogP contribution in [0.1, 0.15) is 16.8 Å². The van der Waals surface area contributed by atoms with E-state index in [1.54, 1.807) is 6.20 Å². The molecule has 0 spiro atoms. The van der Waals surface area contributed by atoms with Gasteiger partial charge in [-0.05, 0) is 23.3 Å². The molecule has 1 heterocycles. The van der Waals surface area contributed by atoms with E-state index >= 15 is 0 Å². The van der Waals surface area contributed by atoms with Crippen LogP contribution in [-0.4, -0.2) is 18.1 Å². The highest BCUT2D eigenvalue weighted by molar-refractivity contribution is 5.72. The maximum atomic E-state index is 11.4. The third-order valence-corrected chi connectivity index (χ3v) is 2.91. The molecule has 0 aliphatic carbocycles. The molecule has 0 saturated carbocycles. The number of esters is 1. The standard InChI is InChI=1S/C16H17NO3/c1-19-16(18)10-13-6-2-3-7-14(13)11-20-12-15-8-4-5-9-17-15/h2-9H,10-12H2,1H3. The number of hydrogen-bond acceptors (Lipinski definition) is 4. The van der Waals surface area contributed by atoms with E-state index in [4.69, 9.17) is 9.47 Å². The molecule has 2 aromatic rings. The Morgan fingerprint density at radius 3 is 2.50 bits per heavy atom. The third-order valence-electron chi connectivity index (χ3n) is 2.91. The van der Waals surface area contributed by atoms with Gasteiger partial charge in [-0.2, -0.15) is 0 Å². The second-order valence-corrected chi connectivity index (χ2v) is 4.34. The van der Waals surface area contributed by atoms with E-state index < -0.39 is 0 Å². The average Bonchev–Trinajstić information content (AvgIpc) is 2.50. The van der Waals surface area contributed by atoms with E-state index in [1.807, 2.05) is 42.5 Å². The topological polar surface area (TPSA) is 48.4 Å². The van der Waals surface area contributed by atoms with Crippen LogP contribution < -0.4 is 0 Å². The lowest BCUT2D eigenvalue weighted by Gasteiger charge is -2.09. The summed E-state index contributed by atoms with van der Waals surface area (Å²) in [7, 11) is 1.39. The monoisotopic (exact) mass is 271 g/mol. The zero-order valence-electron chi connectivity index (χ0n) is 11.4. The molecule has 2 rings (SSSR count). The Morgan fingerprint density at radius 1 is 1.05 bits per heavy atom. The zero-order chi connectivity index (χ0) is 14.2. The third kappa shape index (κ3) is 4.17. The summed E-state index contributed by atoms with van der Waals surface area (Å²) in [5.74, 6) is -0.248. The molecule has 104 valence electrons. The van der Waals surface area contributed by atoms with Crippen molar-refractivity contribution in [3.63, 3.8) is 0 Å². The summed E-state index contributed by atoms with van der Waals surface area (Å²) in [5.41, 5.74) is 2.81. The quantitative estimate of drug-likeness (QED) is 0.757. The largest absolute Gasteiger partial charge is 0.469 e. The molecule has 0 aliphatic rings. The Hall–Kier alpha value is -2.20. The Balaban J connectivity index is 1.94. The Bertz CT molecular complexity index is 555. The summed E-state index contributed by atoms with van der Waals surface area (Å²) in [6.07, 6.45) is 2.00. The molecule has 0 atom stereocenters. The van der Waals surface area contributed by atoms with Crippen LogP contribution in [0, 0.1) is 0 Å². The molecule has 0 unspecified atom stereocenters. The minimum atomic E-state index is -0.248. The number of rotatable bonds is 6. The predicted molar refractivity (Wildman–Crippen MR) is 74.9 cm³/mol. The van der Waals surface area contributed by atoms with Gasteiger partial charge in [-0.3, -0.25) is 9.78 Å². The molecule has 0 aliphatic heterocycles. The number of nitrogens with zero attached hydrogens (tertiary/aromatic N) is 1. The fourth-order valence-corrected chi connectivity index (χ4v) is 1.85. The molecule has 0 amide bonds. The molecular formula is C16H17NO3. The van der Waals surface area contributed by atoms with Crippen molar-refractivity contribution in [2.75, 3.05) is 7.11 Å². The van der Waals surface area contributed by atoms with Crippen LogP contribution in [0.25, 0.3) is 0 Å². The number of carbonyl (C=O) groups is 1. The smallest absolute Gasteiger partial charge is 0.309 e. The van der Waals surface area contributed by atoms with Crippen molar-refractivity contribution in [1.29, 1.82) is 0 Å². The molecule has 0 saturated heterocycles. The minimum Gasteiger partial charge on any atom is -0.469 e. The Morgan fingerprint density at radius 2 is 1.80 bits per heavy atom. The fourth-order valence-electron chi connectivity index (χ4n) is 1.85. The SMILES string of the molecule is COC(=O)Cc1ccccc1COCc1ccccn1. The van der Waals surface area contributed by atoms with Crippen molar-refractivity contribution in [3.05, 3.63) is 65.5 Å². The summed E-state index contributed by atoms with van der Waals surface area (Å²) in [5, 5.41) is 0. The normalized spacial score (nSPS) is 10.2.